The minimum atomic E-state index is 0.608. The summed E-state index contributed by atoms with van der Waals surface area (Å²) >= 11 is 0. The van der Waals surface area contributed by atoms with Crippen LogP contribution < -0.4 is 0 Å². The lowest BCUT2D eigenvalue weighted by Crippen LogP contribution is -2.00. The number of aromatic nitrogens is 5. The number of hydrogen-bond donors (Lipinski definition) is 0. The van der Waals surface area contributed by atoms with Crippen LogP contribution in [0.5, 0.6) is 0 Å². The summed E-state index contributed by atoms with van der Waals surface area (Å²) in [5, 5.41) is 0. The Hall–Kier alpha value is -8.15. The van der Waals surface area contributed by atoms with Gasteiger partial charge in [0.1, 0.15) is 0 Å². The molecule has 2 aromatic heterocycles. The van der Waals surface area contributed by atoms with Crippen LogP contribution in [0.2, 0.25) is 0 Å². The van der Waals surface area contributed by atoms with Crippen molar-refractivity contribution >= 4 is 0 Å². The smallest absolute Gasteiger partial charge is 0.164 e. The van der Waals surface area contributed by atoms with Gasteiger partial charge in [0.15, 0.2) is 23.3 Å². The first-order valence-corrected chi connectivity index (χ1v) is 20.0. The van der Waals surface area contributed by atoms with E-state index in [0.29, 0.717) is 23.3 Å². The monoisotopic (exact) mass is 767 g/mol. The zero-order valence-electron chi connectivity index (χ0n) is 32.6. The molecular formula is C55H37N5. The van der Waals surface area contributed by atoms with Crippen molar-refractivity contribution in [3.05, 3.63) is 224 Å². The molecule has 0 spiro atoms. The molecule has 0 saturated carbocycles. The molecule has 0 aliphatic rings. The third kappa shape index (κ3) is 7.76. The zero-order chi connectivity index (χ0) is 40.1. The molecule has 0 radical (unpaired) electrons. The van der Waals surface area contributed by atoms with Gasteiger partial charge in [0.25, 0.3) is 0 Å². The summed E-state index contributed by atoms with van der Waals surface area (Å²) in [7, 11) is 0. The molecule has 0 amide bonds. The molecule has 0 aliphatic heterocycles. The highest BCUT2D eigenvalue weighted by Crippen LogP contribution is 2.34. The van der Waals surface area contributed by atoms with E-state index in [4.69, 9.17) is 24.9 Å². The van der Waals surface area contributed by atoms with Crippen molar-refractivity contribution < 1.29 is 0 Å². The van der Waals surface area contributed by atoms with Crippen LogP contribution in [-0.4, -0.2) is 24.9 Å². The van der Waals surface area contributed by atoms with Crippen molar-refractivity contribution in [1.82, 2.24) is 24.9 Å². The fraction of sp³-hybridized carbons (Fsp3) is 0. The van der Waals surface area contributed by atoms with E-state index < -0.39 is 0 Å². The molecule has 0 bridgehead atoms. The normalized spacial score (nSPS) is 11.0. The molecule has 5 nitrogen and oxygen atoms in total. The van der Waals surface area contributed by atoms with Crippen molar-refractivity contribution in [1.29, 1.82) is 0 Å². The fourth-order valence-corrected chi connectivity index (χ4v) is 7.46. The lowest BCUT2D eigenvalue weighted by Gasteiger charge is -2.13. The van der Waals surface area contributed by atoms with E-state index in [1.54, 1.807) is 0 Å². The Kier molecular flexibility index (Phi) is 9.88. The minimum Gasteiger partial charge on any atom is -0.228 e. The second kappa shape index (κ2) is 16.4. The summed E-state index contributed by atoms with van der Waals surface area (Å²) in [5.41, 5.74) is 14.1. The van der Waals surface area contributed by atoms with Gasteiger partial charge < -0.3 is 0 Å². The van der Waals surface area contributed by atoms with Gasteiger partial charge in [-0.05, 0) is 63.7 Å². The highest BCUT2D eigenvalue weighted by atomic mass is 15.0. The topological polar surface area (TPSA) is 64.5 Å². The molecule has 10 aromatic rings. The Morgan fingerprint density at radius 1 is 0.167 bits per heavy atom. The summed E-state index contributed by atoms with van der Waals surface area (Å²) in [6, 6.07) is 77.1. The second-order valence-electron chi connectivity index (χ2n) is 14.6. The first-order chi connectivity index (χ1) is 29.7. The summed E-state index contributed by atoms with van der Waals surface area (Å²) in [5.74, 6) is 2.51. The maximum Gasteiger partial charge on any atom is 0.164 e. The van der Waals surface area contributed by atoms with E-state index in [1.165, 1.54) is 0 Å². The molecule has 0 atom stereocenters. The van der Waals surface area contributed by atoms with Crippen molar-refractivity contribution in [3.63, 3.8) is 0 Å². The van der Waals surface area contributed by atoms with Crippen LogP contribution in [0.1, 0.15) is 0 Å². The quantitative estimate of drug-likeness (QED) is 0.146. The van der Waals surface area contributed by atoms with Crippen LogP contribution >= 0.6 is 0 Å². The first-order valence-electron chi connectivity index (χ1n) is 20.0. The van der Waals surface area contributed by atoms with Gasteiger partial charge in [-0.1, -0.05) is 194 Å². The highest BCUT2D eigenvalue weighted by Gasteiger charge is 2.16. The van der Waals surface area contributed by atoms with Crippen molar-refractivity contribution in [3.8, 4) is 101 Å². The Balaban J connectivity index is 1.07. The van der Waals surface area contributed by atoms with E-state index in [-0.39, 0.29) is 0 Å². The fourth-order valence-electron chi connectivity index (χ4n) is 7.46. The highest BCUT2D eigenvalue weighted by molar-refractivity contribution is 5.80. The van der Waals surface area contributed by atoms with Gasteiger partial charge in [-0.3, -0.25) is 0 Å². The van der Waals surface area contributed by atoms with Crippen LogP contribution in [0.3, 0.4) is 0 Å². The van der Waals surface area contributed by atoms with Gasteiger partial charge in [-0.25, -0.2) is 24.9 Å². The minimum absolute atomic E-state index is 0.608. The summed E-state index contributed by atoms with van der Waals surface area (Å²) in [6.45, 7) is 0. The van der Waals surface area contributed by atoms with Gasteiger partial charge >= 0.3 is 0 Å². The Labute approximate surface area is 349 Å². The molecule has 0 N–H and O–H groups in total. The molecule has 8 aromatic carbocycles. The van der Waals surface area contributed by atoms with Gasteiger partial charge in [0.05, 0.1) is 11.4 Å². The molecule has 10 rings (SSSR count). The van der Waals surface area contributed by atoms with E-state index >= 15 is 0 Å². The third-order valence-corrected chi connectivity index (χ3v) is 10.5. The van der Waals surface area contributed by atoms with Crippen LogP contribution in [0.15, 0.2) is 224 Å². The van der Waals surface area contributed by atoms with Crippen molar-refractivity contribution in [2.45, 2.75) is 0 Å². The summed E-state index contributed by atoms with van der Waals surface area (Å²) < 4.78 is 0. The van der Waals surface area contributed by atoms with Crippen LogP contribution in [0.25, 0.3) is 101 Å². The number of hydrogen-bond acceptors (Lipinski definition) is 5. The lowest BCUT2D eigenvalue weighted by atomic mass is 9.98. The van der Waals surface area contributed by atoms with E-state index in [2.05, 4.69) is 152 Å². The maximum atomic E-state index is 5.25. The van der Waals surface area contributed by atoms with Gasteiger partial charge in [-0.15, -0.1) is 0 Å². The van der Waals surface area contributed by atoms with Gasteiger partial charge in [0, 0.05) is 33.4 Å². The maximum absolute atomic E-state index is 5.25. The number of nitrogens with zero attached hydrogens (tertiary/aromatic N) is 5. The predicted molar refractivity (Wildman–Crippen MR) is 244 cm³/mol. The van der Waals surface area contributed by atoms with E-state index in [1.807, 2.05) is 72.8 Å². The summed E-state index contributed by atoms with van der Waals surface area (Å²) in [4.78, 5) is 25.4. The van der Waals surface area contributed by atoms with Gasteiger partial charge in [0.2, 0.25) is 0 Å². The van der Waals surface area contributed by atoms with Crippen LogP contribution in [0, 0.1) is 0 Å². The third-order valence-electron chi connectivity index (χ3n) is 10.5. The summed E-state index contributed by atoms with van der Waals surface area (Å²) in [6.07, 6.45) is 0. The molecule has 0 aliphatic carbocycles. The van der Waals surface area contributed by atoms with Crippen molar-refractivity contribution in [2.24, 2.45) is 0 Å². The Morgan fingerprint density at radius 3 is 0.800 bits per heavy atom. The standard InChI is InChI=1S/C55H37N5/c1-5-17-38(18-6-1)42-25-13-29-46(33-42)50-37-51(47-30-14-26-43(34-47)39-19-7-2-8-20-39)57-54(56-50)48-31-15-27-44(35-48)45-28-16-32-49(36-45)55-59-52(40-21-9-3-10-22-40)58-53(60-55)41-23-11-4-12-24-41/h1-37H. The first kappa shape index (κ1) is 36.2. The van der Waals surface area contributed by atoms with Crippen LogP contribution in [0.4, 0.5) is 0 Å². The molecule has 5 heteroatoms. The average molecular weight is 768 g/mol. The zero-order valence-corrected chi connectivity index (χ0v) is 32.6. The molecular weight excluding hydrogens is 731 g/mol. The predicted octanol–water partition coefficient (Wildman–Crippen LogP) is 13.7. The number of rotatable bonds is 9. The molecule has 282 valence electrons. The van der Waals surface area contributed by atoms with E-state index in [9.17, 15) is 0 Å². The van der Waals surface area contributed by atoms with E-state index in [0.717, 1.165) is 78.1 Å². The SMILES string of the molecule is c1ccc(-c2cccc(-c3cc(-c4cccc(-c5ccccc5)c4)nc(-c4cccc(-c5cccc(-c6nc(-c7ccccc7)nc(-c7ccccc7)n6)c5)c4)n3)c2)cc1. The van der Waals surface area contributed by atoms with Gasteiger partial charge in [-0.2, -0.15) is 0 Å². The Bertz CT molecular complexity index is 2920. The Morgan fingerprint density at radius 2 is 0.417 bits per heavy atom. The van der Waals surface area contributed by atoms with Crippen LogP contribution in [-0.2, 0) is 0 Å². The second-order valence-corrected chi connectivity index (χ2v) is 14.6. The lowest BCUT2D eigenvalue weighted by molar-refractivity contribution is 1.07. The number of benzene rings is 8. The largest absolute Gasteiger partial charge is 0.228 e. The van der Waals surface area contributed by atoms with Crippen molar-refractivity contribution in [2.75, 3.05) is 0 Å². The average Bonchev–Trinajstić information content (AvgIpc) is 3.35. The molecule has 0 fully saturated rings. The molecule has 2 heterocycles. The molecule has 0 saturated heterocycles. The molecule has 0 unspecified atom stereocenters. The molecule has 60 heavy (non-hydrogen) atoms.